The highest BCUT2D eigenvalue weighted by atomic mass is 32.2. The Morgan fingerprint density at radius 3 is 2.71 bits per heavy atom. The van der Waals surface area contributed by atoms with Crippen molar-refractivity contribution in [1.29, 1.82) is 0 Å². The minimum atomic E-state index is -0.451. The van der Waals surface area contributed by atoms with Gasteiger partial charge in [0.25, 0.3) is 5.56 Å². The van der Waals surface area contributed by atoms with Gasteiger partial charge in [-0.3, -0.25) is 14.3 Å². The van der Waals surface area contributed by atoms with Crippen molar-refractivity contribution in [2.45, 2.75) is 44.1 Å². The monoisotopic (exact) mass is 308 g/mol. The van der Waals surface area contributed by atoms with Gasteiger partial charge in [-0.1, -0.05) is 37.8 Å². The number of aromatic amines is 1. The van der Waals surface area contributed by atoms with Crippen LogP contribution in [0.3, 0.4) is 0 Å². The van der Waals surface area contributed by atoms with Crippen LogP contribution in [0, 0.1) is 0 Å². The number of thioether (sulfide) groups is 1. The maximum atomic E-state index is 12.2. The van der Waals surface area contributed by atoms with Gasteiger partial charge >= 0.3 is 5.69 Å². The second kappa shape index (κ2) is 5.93. The Hall–Kier alpha value is -1.76. The number of nitrogens with one attached hydrogen (secondary N) is 1. The van der Waals surface area contributed by atoms with E-state index in [-0.39, 0.29) is 0 Å². The van der Waals surface area contributed by atoms with Gasteiger partial charge in [0, 0.05) is 18.8 Å². The highest BCUT2D eigenvalue weighted by molar-refractivity contribution is 7.99. The fourth-order valence-electron chi connectivity index (χ4n) is 1.98. The van der Waals surface area contributed by atoms with E-state index in [1.807, 2.05) is 11.5 Å². The van der Waals surface area contributed by atoms with Crippen LogP contribution in [0.15, 0.2) is 26.9 Å². The molecule has 1 N–H and O–H groups in total. The molecular formula is C14H20N4O2S. The first-order chi connectivity index (χ1) is 9.85. The Balaban J connectivity index is 2.75. The summed E-state index contributed by atoms with van der Waals surface area (Å²) in [7, 11) is 1.61. The van der Waals surface area contributed by atoms with E-state index >= 15 is 0 Å². The number of fused-ring (bicyclic) bond motifs is 1. The minimum Gasteiger partial charge on any atom is -0.309 e. The smallest absolute Gasteiger partial charge is 0.309 e. The number of allylic oxidation sites excluding steroid dienone is 1. The van der Waals surface area contributed by atoms with Crippen molar-refractivity contribution in [2.75, 3.05) is 0 Å². The maximum absolute atomic E-state index is 12.2. The van der Waals surface area contributed by atoms with Crippen molar-refractivity contribution in [2.24, 2.45) is 7.05 Å². The summed E-state index contributed by atoms with van der Waals surface area (Å²) in [6.07, 6.45) is 0.996. The molecule has 114 valence electrons. The molecule has 7 heteroatoms. The number of imidazole rings is 1. The molecule has 0 aromatic carbocycles. The lowest BCUT2D eigenvalue weighted by Crippen LogP contribution is -2.29. The van der Waals surface area contributed by atoms with E-state index < -0.39 is 11.2 Å². The second-order valence-electron chi connectivity index (χ2n) is 5.26. The Morgan fingerprint density at radius 2 is 2.14 bits per heavy atom. The van der Waals surface area contributed by atoms with E-state index in [9.17, 15) is 9.59 Å². The molecule has 0 unspecified atom stereocenters. The van der Waals surface area contributed by atoms with Crippen LogP contribution in [0.1, 0.15) is 27.2 Å². The second-order valence-corrected chi connectivity index (χ2v) is 6.67. The van der Waals surface area contributed by atoms with Gasteiger partial charge in [-0.2, -0.15) is 0 Å². The average molecular weight is 308 g/mol. The number of aryl methyl sites for hydroxylation is 1. The van der Waals surface area contributed by atoms with Gasteiger partial charge in [-0.25, -0.2) is 9.78 Å². The molecule has 0 radical (unpaired) electrons. The van der Waals surface area contributed by atoms with Gasteiger partial charge in [-0.05, 0) is 13.3 Å². The molecule has 2 aromatic heterocycles. The van der Waals surface area contributed by atoms with Crippen molar-refractivity contribution in [3.05, 3.63) is 33.0 Å². The normalized spacial score (nSPS) is 12.8. The lowest BCUT2D eigenvalue weighted by molar-refractivity contribution is 0.715. The van der Waals surface area contributed by atoms with Crippen molar-refractivity contribution >= 4 is 22.9 Å². The quantitative estimate of drug-likeness (QED) is 0.676. The topological polar surface area (TPSA) is 72.7 Å². The zero-order chi connectivity index (χ0) is 15.7. The van der Waals surface area contributed by atoms with Gasteiger partial charge in [0.15, 0.2) is 16.3 Å². The number of hydrogen-bond acceptors (Lipinski definition) is 4. The van der Waals surface area contributed by atoms with Gasteiger partial charge in [0.2, 0.25) is 0 Å². The minimum absolute atomic E-state index is 0.377. The van der Waals surface area contributed by atoms with Gasteiger partial charge in [0.05, 0.1) is 0 Å². The summed E-state index contributed by atoms with van der Waals surface area (Å²) < 4.78 is 3.21. The van der Waals surface area contributed by atoms with Crippen molar-refractivity contribution in [3.63, 3.8) is 0 Å². The molecular weight excluding hydrogens is 288 g/mol. The van der Waals surface area contributed by atoms with Crippen molar-refractivity contribution in [3.8, 4) is 0 Å². The van der Waals surface area contributed by atoms with Crippen LogP contribution < -0.4 is 11.2 Å². The summed E-state index contributed by atoms with van der Waals surface area (Å²) in [5, 5.41) is 1.12. The van der Waals surface area contributed by atoms with Crippen molar-refractivity contribution in [1.82, 2.24) is 19.1 Å². The fraction of sp³-hybridized carbons (Fsp3) is 0.500. The molecule has 2 heterocycles. The van der Waals surface area contributed by atoms with Gasteiger partial charge in [-0.15, -0.1) is 0 Å². The molecule has 0 spiro atoms. The lowest BCUT2D eigenvalue weighted by Gasteiger charge is -2.11. The molecule has 0 aliphatic carbocycles. The van der Waals surface area contributed by atoms with Crippen LogP contribution in [0.5, 0.6) is 0 Å². The summed E-state index contributed by atoms with van der Waals surface area (Å²) in [5.41, 5.74) is 0.903. The summed E-state index contributed by atoms with van der Waals surface area (Å²) in [6, 6.07) is 0. The molecule has 1 atom stereocenters. The molecule has 0 aliphatic heterocycles. The first-order valence-electron chi connectivity index (χ1n) is 6.85. The number of H-pyrrole nitrogens is 1. The Morgan fingerprint density at radius 1 is 1.48 bits per heavy atom. The third kappa shape index (κ3) is 2.97. The first kappa shape index (κ1) is 15.6. The Labute approximate surface area is 126 Å². The Kier molecular flexibility index (Phi) is 4.41. The summed E-state index contributed by atoms with van der Waals surface area (Å²) in [6.45, 7) is 10.5. The molecule has 0 saturated heterocycles. The number of aromatic nitrogens is 4. The third-order valence-electron chi connectivity index (χ3n) is 3.28. The predicted octanol–water partition coefficient (Wildman–Crippen LogP) is 1.89. The average Bonchev–Trinajstić information content (AvgIpc) is 2.74. The summed E-state index contributed by atoms with van der Waals surface area (Å²) in [5.74, 6) is 0. The van der Waals surface area contributed by atoms with Gasteiger partial charge in [0.1, 0.15) is 0 Å². The predicted molar refractivity (Wildman–Crippen MR) is 86.0 cm³/mol. The molecule has 0 fully saturated rings. The van der Waals surface area contributed by atoms with Crippen LogP contribution in [0.2, 0.25) is 0 Å². The molecule has 6 nitrogen and oxygen atoms in total. The van der Waals surface area contributed by atoms with Gasteiger partial charge < -0.3 is 4.57 Å². The van der Waals surface area contributed by atoms with Crippen molar-refractivity contribution < 1.29 is 0 Å². The number of nitrogens with zero attached hydrogens (tertiary/aromatic N) is 3. The summed E-state index contributed by atoms with van der Waals surface area (Å²) in [4.78, 5) is 30.7. The highest BCUT2D eigenvalue weighted by Gasteiger charge is 2.18. The zero-order valence-corrected chi connectivity index (χ0v) is 13.6. The molecule has 2 aromatic rings. The zero-order valence-electron chi connectivity index (χ0n) is 12.8. The van der Waals surface area contributed by atoms with Crippen LogP contribution in [0.25, 0.3) is 11.2 Å². The van der Waals surface area contributed by atoms with Crippen LogP contribution >= 0.6 is 11.8 Å². The van der Waals surface area contributed by atoms with E-state index in [1.165, 1.54) is 4.57 Å². The number of rotatable bonds is 5. The van der Waals surface area contributed by atoms with Crippen LogP contribution in [-0.2, 0) is 13.6 Å². The molecule has 2 rings (SSSR count). The van der Waals surface area contributed by atoms with E-state index in [4.69, 9.17) is 0 Å². The summed E-state index contributed by atoms with van der Waals surface area (Å²) >= 11 is 1.60. The molecule has 0 saturated carbocycles. The molecule has 0 bridgehead atoms. The number of hydrogen-bond donors (Lipinski definition) is 1. The molecule has 0 amide bonds. The van der Waals surface area contributed by atoms with Crippen LogP contribution in [-0.4, -0.2) is 24.4 Å². The van der Waals surface area contributed by atoms with E-state index in [1.54, 1.807) is 18.8 Å². The lowest BCUT2D eigenvalue weighted by atomic mass is 10.3. The van der Waals surface area contributed by atoms with E-state index in [2.05, 4.69) is 30.4 Å². The standard InChI is InChI=1S/C14H20N4O2S/c1-6-9(4)21-14-15-11-10(18(14)7-8(2)3)12(19)16-13(20)17(11)5/h9H,2,6-7H2,1,3-5H3,(H,16,19,20)/t9-/m1/s1. The molecule has 21 heavy (non-hydrogen) atoms. The third-order valence-corrected chi connectivity index (χ3v) is 4.54. The largest absolute Gasteiger partial charge is 0.329 e. The van der Waals surface area contributed by atoms with Crippen LogP contribution in [0.4, 0.5) is 0 Å². The maximum Gasteiger partial charge on any atom is 0.329 e. The Bertz CT molecular complexity index is 800. The first-order valence-corrected chi connectivity index (χ1v) is 7.73. The fourth-order valence-corrected chi connectivity index (χ4v) is 2.93. The SMILES string of the molecule is C=C(C)Cn1c(S[C@H](C)CC)nc2c1c(=O)[nH]c(=O)n2C. The van der Waals surface area contributed by atoms with E-state index in [0.717, 1.165) is 17.2 Å². The molecule has 0 aliphatic rings. The van der Waals surface area contributed by atoms with E-state index in [0.29, 0.717) is 23.0 Å². The highest BCUT2D eigenvalue weighted by Crippen LogP contribution is 2.27.